The predicted octanol–water partition coefficient (Wildman–Crippen LogP) is 2.78. The summed E-state index contributed by atoms with van der Waals surface area (Å²) in [6, 6.07) is 4.57. The molecule has 0 N–H and O–H groups in total. The van der Waals surface area contributed by atoms with Crippen LogP contribution >= 0.6 is 0 Å². The number of nitrogens with zero attached hydrogens (tertiary/aromatic N) is 2. The number of esters is 1. The van der Waals surface area contributed by atoms with Crippen LogP contribution in [0.5, 0.6) is 0 Å². The second-order valence-electron chi connectivity index (χ2n) is 5.75. The first-order chi connectivity index (χ1) is 10.9. The third kappa shape index (κ3) is 3.79. The summed E-state index contributed by atoms with van der Waals surface area (Å²) in [5.41, 5.74) is 0.254. The minimum absolute atomic E-state index is 0.0148. The van der Waals surface area contributed by atoms with E-state index in [4.69, 9.17) is 9.47 Å². The lowest BCUT2D eigenvalue weighted by Gasteiger charge is -2.41. The summed E-state index contributed by atoms with van der Waals surface area (Å²) in [5.74, 6) is -0.674. The van der Waals surface area contributed by atoms with Crippen LogP contribution in [-0.4, -0.2) is 42.8 Å². The molecule has 1 aliphatic rings. The Hall–Kier alpha value is -2.15. The van der Waals surface area contributed by atoms with Crippen LogP contribution in [0.4, 0.5) is 11.4 Å². The molecule has 0 aliphatic carbocycles. The van der Waals surface area contributed by atoms with Crippen LogP contribution in [0.2, 0.25) is 0 Å². The SMILES string of the molecule is CCOC(=O)c1cc(N2CCOC(C)(CC)C2)ccc1[N+](=O)[O-]. The highest BCUT2D eigenvalue weighted by Crippen LogP contribution is 2.30. The molecule has 1 aromatic rings. The highest BCUT2D eigenvalue weighted by Gasteiger charge is 2.31. The maximum atomic E-state index is 12.0. The van der Waals surface area contributed by atoms with Crippen LogP contribution < -0.4 is 4.90 Å². The highest BCUT2D eigenvalue weighted by molar-refractivity contribution is 5.95. The standard InChI is InChI=1S/C16H22N2O5/c1-4-16(3)11-17(8-9-23-16)12-6-7-14(18(20)21)13(10-12)15(19)22-5-2/h6-7,10H,4-5,8-9,11H2,1-3H3. The van der Waals surface area contributed by atoms with E-state index in [9.17, 15) is 14.9 Å². The Balaban J connectivity index is 2.35. The summed E-state index contributed by atoms with van der Waals surface area (Å²) in [5, 5.41) is 11.1. The first-order valence-electron chi connectivity index (χ1n) is 7.74. The molecule has 0 bridgehead atoms. The van der Waals surface area contributed by atoms with Gasteiger partial charge in [0.25, 0.3) is 5.69 Å². The molecule has 1 atom stereocenters. The van der Waals surface area contributed by atoms with Gasteiger partial charge in [-0.1, -0.05) is 6.92 Å². The second-order valence-corrected chi connectivity index (χ2v) is 5.75. The van der Waals surface area contributed by atoms with Gasteiger partial charge in [0, 0.05) is 24.8 Å². The van der Waals surface area contributed by atoms with Crippen molar-refractivity contribution in [1.29, 1.82) is 0 Å². The third-order valence-corrected chi connectivity index (χ3v) is 4.12. The van der Waals surface area contributed by atoms with Crippen LogP contribution in [0.15, 0.2) is 18.2 Å². The zero-order chi connectivity index (χ0) is 17.0. The van der Waals surface area contributed by atoms with Crippen LogP contribution in [0.1, 0.15) is 37.6 Å². The van der Waals surface area contributed by atoms with Crippen molar-refractivity contribution in [2.75, 3.05) is 31.2 Å². The molecule has 1 saturated heterocycles. The molecule has 1 aliphatic heterocycles. The van der Waals surface area contributed by atoms with Crippen molar-refractivity contribution in [2.24, 2.45) is 0 Å². The number of anilines is 1. The summed E-state index contributed by atoms with van der Waals surface area (Å²) < 4.78 is 10.7. The second kappa shape index (κ2) is 6.95. The summed E-state index contributed by atoms with van der Waals surface area (Å²) in [4.78, 5) is 24.7. The molecule has 1 fully saturated rings. The lowest BCUT2D eigenvalue weighted by Crippen LogP contribution is -2.49. The molecular formula is C16H22N2O5. The van der Waals surface area contributed by atoms with Crippen LogP contribution in [0, 0.1) is 10.1 Å². The van der Waals surface area contributed by atoms with Gasteiger partial charge in [0.2, 0.25) is 0 Å². The Morgan fingerprint density at radius 3 is 2.83 bits per heavy atom. The minimum atomic E-state index is -0.674. The Kier molecular flexibility index (Phi) is 5.20. The van der Waals surface area contributed by atoms with Crippen molar-refractivity contribution in [2.45, 2.75) is 32.8 Å². The highest BCUT2D eigenvalue weighted by atomic mass is 16.6. The number of hydrogen-bond acceptors (Lipinski definition) is 6. The molecule has 1 unspecified atom stereocenters. The Morgan fingerprint density at radius 2 is 2.22 bits per heavy atom. The predicted molar refractivity (Wildman–Crippen MR) is 85.9 cm³/mol. The van der Waals surface area contributed by atoms with Crippen molar-refractivity contribution in [3.63, 3.8) is 0 Å². The molecule has 0 amide bonds. The first-order valence-corrected chi connectivity index (χ1v) is 7.74. The molecule has 7 nitrogen and oxygen atoms in total. The number of morpholine rings is 1. The largest absolute Gasteiger partial charge is 0.462 e. The molecule has 0 saturated carbocycles. The monoisotopic (exact) mass is 322 g/mol. The fourth-order valence-corrected chi connectivity index (χ4v) is 2.62. The molecule has 126 valence electrons. The fraction of sp³-hybridized carbons (Fsp3) is 0.562. The quantitative estimate of drug-likeness (QED) is 0.471. The van der Waals surface area contributed by atoms with E-state index in [1.54, 1.807) is 13.0 Å². The minimum Gasteiger partial charge on any atom is -0.462 e. The molecule has 2 rings (SSSR count). The van der Waals surface area contributed by atoms with Crippen molar-refractivity contribution >= 4 is 17.3 Å². The smallest absolute Gasteiger partial charge is 0.345 e. The number of carbonyl (C=O) groups is 1. The van der Waals surface area contributed by atoms with Gasteiger partial charge < -0.3 is 14.4 Å². The van der Waals surface area contributed by atoms with Crippen LogP contribution in [0.25, 0.3) is 0 Å². The van der Waals surface area contributed by atoms with Gasteiger partial charge in [-0.15, -0.1) is 0 Å². The average Bonchev–Trinajstić information content (AvgIpc) is 2.54. The van der Waals surface area contributed by atoms with Gasteiger partial charge in [-0.25, -0.2) is 4.79 Å². The number of carbonyl (C=O) groups excluding carboxylic acids is 1. The van der Waals surface area contributed by atoms with E-state index in [0.29, 0.717) is 19.7 Å². The van der Waals surface area contributed by atoms with E-state index < -0.39 is 10.9 Å². The lowest BCUT2D eigenvalue weighted by atomic mass is 10.00. The summed E-state index contributed by atoms with van der Waals surface area (Å²) >= 11 is 0. The van der Waals surface area contributed by atoms with Gasteiger partial charge in [0.1, 0.15) is 5.56 Å². The molecule has 1 aromatic carbocycles. The van der Waals surface area contributed by atoms with Gasteiger partial charge in [-0.2, -0.15) is 0 Å². The van der Waals surface area contributed by atoms with E-state index in [1.807, 2.05) is 6.92 Å². The van der Waals surface area contributed by atoms with Gasteiger partial charge in [-0.05, 0) is 32.4 Å². The summed E-state index contributed by atoms with van der Waals surface area (Å²) in [7, 11) is 0. The average molecular weight is 322 g/mol. The van der Waals surface area contributed by atoms with Gasteiger partial charge in [0.05, 0.1) is 23.7 Å². The fourth-order valence-electron chi connectivity index (χ4n) is 2.62. The molecule has 0 aromatic heterocycles. The molecule has 0 spiro atoms. The Labute approximate surface area is 135 Å². The topological polar surface area (TPSA) is 81.9 Å². The van der Waals surface area contributed by atoms with Gasteiger partial charge in [-0.3, -0.25) is 10.1 Å². The molecular weight excluding hydrogens is 300 g/mol. The number of hydrogen-bond donors (Lipinski definition) is 0. The molecule has 1 heterocycles. The van der Waals surface area contributed by atoms with Crippen molar-refractivity contribution in [3.05, 3.63) is 33.9 Å². The van der Waals surface area contributed by atoms with Crippen LogP contribution in [0.3, 0.4) is 0 Å². The zero-order valence-corrected chi connectivity index (χ0v) is 13.7. The Bertz CT molecular complexity index is 604. The molecule has 0 radical (unpaired) electrons. The maximum absolute atomic E-state index is 12.0. The number of nitro groups is 1. The maximum Gasteiger partial charge on any atom is 0.345 e. The molecule has 23 heavy (non-hydrogen) atoms. The zero-order valence-electron chi connectivity index (χ0n) is 13.7. The van der Waals surface area contributed by atoms with Gasteiger partial charge >= 0.3 is 5.97 Å². The normalized spacial score (nSPS) is 21.1. The first kappa shape index (κ1) is 17.2. The van der Waals surface area contributed by atoms with Crippen molar-refractivity contribution < 1.29 is 19.2 Å². The summed E-state index contributed by atoms with van der Waals surface area (Å²) in [6.07, 6.45) is 0.862. The van der Waals surface area contributed by atoms with Crippen molar-refractivity contribution in [3.8, 4) is 0 Å². The van der Waals surface area contributed by atoms with E-state index in [2.05, 4.69) is 11.8 Å². The van der Waals surface area contributed by atoms with Gasteiger partial charge in [0.15, 0.2) is 0 Å². The van der Waals surface area contributed by atoms with E-state index in [1.165, 1.54) is 12.1 Å². The third-order valence-electron chi connectivity index (χ3n) is 4.12. The molecule has 7 heteroatoms. The Morgan fingerprint density at radius 1 is 1.48 bits per heavy atom. The number of nitro benzene ring substituents is 1. The van der Waals surface area contributed by atoms with E-state index >= 15 is 0 Å². The van der Waals surface area contributed by atoms with Crippen LogP contribution in [-0.2, 0) is 9.47 Å². The number of benzene rings is 1. The lowest BCUT2D eigenvalue weighted by molar-refractivity contribution is -0.385. The van der Waals surface area contributed by atoms with E-state index in [-0.39, 0.29) is 23.5 Å². The summed E-state index contributed by atoms with van der Waals surface area (Å²) in [6.45, 7) is 7.86. The number of ether oxygens (including phenoxy) is 2. The van der Waals surface area contributed by atoms with E-state index in [0.717, 1.165) is 12.1 Å². The number of rotatable bonds is 5. The van der Waals surface area contributed by atoms with Crippen molar-refractivity contribution in [1.82, 2.24) is 0 Å².